The Labute approximate surface area is 65.3 Å². The van der Waals surface area contributed by atoms with Gasteiger partial charge in [-0.3, -0.25) is 0 Å². The third-order valence-corrected chi connectivity index (χ3v) is 2.14. The van der Waals surface area contributed by atoms with Gasteiger partial charge in [0.2, 0.25) is 0 Å². The Morgan fingerprint density at radius 3 is 2.20 bits per heavy atom. The van der Waals surface area contributed by atoms with E-state index in [1.54, 1.807) is 0 Å². The van der Waals surface area contributed by atoms with Crippen LogP contribution in [0.5, 0.6) is 0 Å². The fourth-order valence-corrected chi connectivity index (χ4v) is 1.22. The number of hydrogen-bond donors (Lipinski definition) is 0. The van der Waals surface area contributed by atoms with Crippen LogP contribution >= 0.6 is 0 Å². The molecular formula is C10H20. The standard InChI is InChI=1S/C10H20/c1-5-7-8-10(6-2)9(3)4/h5,7,9-10H,6,8H2,1-4H3. The summed E-state index contributed by atoms with van der Waals surface area (Å²) in [5, 5.41) is 0. The Hall–Kier alpha value is -0.260. The lowest BCUT2D eigenvalue weighted by Crippen LogP contribution is -2.05. The average Bonchev–Trinajstić information content (AvgIpc) is 1.89. The summed E-state index contributed by atoms with van der Waals surface area (Å²) >= 11 is 0. The Morgan fingerprint density at radius 1 is 1.30 bits per heavy atom. The fourth-order valence-electron chi connectivity index (χ4n) is 1.22. The molecule has 0 bridgehead atoms. The van der Waals surface area contributed by atoms with Crippen molar-refractivity contribution in [1.29, 1.82) is 0 Å². The quantitative estimate of drug-likeness (QED) is 0.523. The summed E-state index contributed by atoms with van der Waals surface area (Å²) in [7, 11) is 0. The van der Waals surface area contributed by atoms with Crippen LogP contribution in [0.15, 0.2) is 12.2 Å². The van der Waals surface area contributed by atoms with Crippen molar-refractivity contribution in [3.8, 4) is 0 Å². The monoisotopic (exact) mass is 140 g/mol. The lowest BCUT2D eigenvalue weighted by molar-refractivity contribution is 0.377. The Balaban J connectivity index is 3.60. The highest BCUT2D eigenvalue weighted by atomic mass is 14.1. The first-order chi connectivity index (χ1) is 4.72. The second-order valence-corrected chi connectivity index (χ2v) is 3.22. The van der Waals surface area contributed by atoms with Gasteiger partial charge in [0.1, 0.15) is 0 Å². The average molecular weight is 140 g/mol. The second-order valence-electron chi connectivity index (χ2n) is 3.22. The maximum absolute atomic E-state index is 2.30. The van der Waals surface area contributed by atoms with E-state index in [4.69, 9.17) is 0 Å². The van der Waals surface area contributed by atoms with Crippen molar-refractivity contribution < 1.29 is 0 Å². The minimum atomic E-state index is 0.834. The first-order valence-electron chi connectivity index (χ1n) is 4.33. The van der Waals surface area contributed by atoms with E-state index >= 15 is 0 Å². The number of allylic oxidation sites excluding steroid dienone is 2. The Morgan fingerprint density at radius 2 is 1.90 bits per heavy atom. The van der Waals surface area contributed by atoms with Crippen LogP contribution in [0, 0.1) is 11.8 Å². The molecule has 60 valence electrons. The zero-order valence-corrected chi connectivity index (χ0v) is 7.72. The van der Waals surface area contributed by atoms with Crippen molar-refractivity contribution in [2.24, 2.45) is 11.8 Å². The van der Waals surface area contributed by atoms with E-state index in [0.717, 1.165) is 11.8 Å². The van der Waals surface area contributed by atoms with Crippen LogP contribution in [-0.4, -0.2) is 0 Å². The van der Waals surface area contributed by atoms with Gasteiger partial charge in [-0.1, -0.05) is 39.3 Å². The van der Waals surface area contributed by atoms with Gasteiger partial charge in [-0.25, -0.2) is 0 Å². The summed E-state index contributed by atoms with van der Waals surface area (Å²) in [5.41, 5.74) is 0. The molecular weight excluding hydrogens is 120 g/mol. The maximum atomic E-state index is 2.30. The zero-order chi connectivity index (χ0) is 7.98. The van der Waals surface area contributed by atoms with Crippen molar-refractivity contribution >= 4 is 0 Å². The molecule has 0 aromatic heterocycles. The molecule has 0 amide bonds. The van der Waals surface area contributed by atoms with E-state index < -0.39 is 0 Å². The van der Waals surface area contributed by atoms with E-state index in [-0.39, 0.29) is 0 Å². The molecule has 0 aromatic rings. The van der Waals surface area contributed by atoms with Crippen LogP contribution in [0.2, 0.25) is 0 Å². The highest BCUT2D eigenvalue weighted by Gasteiger charge is 2.07. The van der Waals surface area contributed by atoms with Gasteiger partial charge in [0, 0.05) is 0 Å². The lowest BCUT2D eigenvalue weighted by atomic mass is 9.90. The molecule has 0 radical (unpaired) electrons. The molecule has 0 aromatic carbocycles. The van der Waals surface area contributed by atoms with Gasteiger partial charge >= 0.3 is 0 Å². The topological polar surface area (TPSA) is 0 Å². The van der Waals surface area contributed by atoms with Crippen LogP contribution in [0.4, 0.5) is 0 Å². The number of hydrogen-bond acceptors (Lipinski definition) is 0. The highest BCUT2D eigenvalue weighted by Crippen LogP contribution is 2.18. The predicted molar refractivity (Wildman–Crippen MR) is 48.1 cm³/mol. The molecule has 1 atom stereocenters. The summed E-state index contributed by atoms with van der Waals surface area (Å²) in [6.45, 7) is 8.97. The molecule has 0 aliphatic heterocycles. The SMILES string of the molecule is CC=CCC(CC)C(C)C. The van der Waals surface area contributed by atoms with Gasteiger partial charge in [-0.15, -0.1) is 0 Å². The molecule has 0 N–H and O–H groups in total. The van der Waals surface area contributed by atoms with Crippen molar-refractivity contribution in [1.82, 2.24) is 0 Å². The third-order valence-electron chi connectivity index (χ3n) is 2.14. The van der Waals surface area contributed by atoms with Gasteiger partial charge in [0.25, 0.3) is 0 Å². The van der Waals surface area contributed by atoms with Gasteiger partial charge < -0.3 is 0 Å². The van der Waals surface area contributed by atoms with Crippen molar-refractivity contribution in [2.45, 2.75) is 40.5 Å². The molecule has 0 spiro atoms. The molecule has 0 saturated heterocycles. The maximum Gasteiger partial charge on any atom is -0.0320 e. The van der Waals surface area contributed by atoms with Gasteiger partial charge in [-0.05, 0) is 25.2 Å². The van der Waals surface area contributed by atoms with Crippen LogP contribution in [0.3, 0.4) is 0 Å². The van der Waals surface area contributed by atoms with Crippen LogP contribution < -0.4 is 0 Å². The molecule has 0 saturated carbocycles. The molecule has 0 aliphatic rings. The molecule has 1 unspecified atom stereocenters. The first-order valence-corrected chi connectivity index (χ1v) is 4.33. The van der Waals surface area contributed by atoms with Crippen molar-refractivity contribution in [3.63, 3.8) is 0 Å². The molecule has 0 heterocycles. The Bertz CT molecular complexity index is 90.2. The zero-order valence-electron chi connectivity index (χ0n) is 7.72. The lowest BCUT2D eigenvalue weighted by Gasteiger charge is -2.16. The van der Waals surface area contributed by atoms with Gasteiger partial charge in [0.15, 0.2) is 0 Å². The van der Waals surface area contributed by atoms with Gasteiger partial charge in [0.05, 0.1) is 0 Å². The minimum Gasteiger partial charge on any atom is -0.0917 e. The molecule has 0 aliphatic carbocycles. The summed E-state index contributed by atoms with van der Waals surface area (Å²) in [6, 6.07) is 0. The molecule has 0 nitrogen and oxygen atoms in total. The molecule has 0 fully saturated rings. The fraction of sp³-hybridized carbons (Fsp3) is 0.800. The Kier molecular flexibility index (Phi) is 5.38. The minimum absolute atomic E-state index is 0.834. The summed E-state index contributed by atoms with van der Waals surface area (Å²) in [5.74, 6) is 1.72. The van der Waals surface area contributed by atoms with Crippen molar-refractivity contribution in [2.75, 3.05) is 0 Å². The van der Waals surface area contributed by atoms with E-state index in [9.17, 15) is 0 Å². The molecule has 0 heteroatoms. The summed E-state index contributed by atoms with van der Waals surface area (Å²) in [6.07, 6.45) is 6.98. The van der Waals surface area contributed by atoms with Crippen molar-refractivity contribution in [3.05, 3.63) is 12.2 Å². The molecule has 0 rings (SSSR count). The largest absolute Gasteiger partial charge is 0.0917 e. The highest BCUT2D eigenvalue weighted by molar-refractivity contribution is 4.80. The van der Waals surface area contributed by atoms with E-state index in [0.29, 0.717) is 0 Å². The van der Waals surface area contributed by atoms with E-state index in [1.165, 1.54) is 12.8 Å². The summed E-state index contributed by atoms with van der Waals surface area (Å²) in [4.78, 5) is 0. The molecule has 10 heavy (non-hydrogen) atoms. The van der Waals surface area contributed by atoms with E-state index in [1.807, 2.05) is 0 Å². The van der Waals surface area contributed by atoms with Gasteiger partial charge in [-0.2, -0.15) is 0 Å². The smallest absolute Gasteiger partial charge is 0.0320 e. The third kappa shape index (κ3) is 3.71. The van der Waals surface area contributed by atoms with E-state index in [2.05, 4.69) is 39.8 Å². The normalized spacial score (nSPS) is 14.9. The predicted octanol–water partition coefficient (Wildman–Crippen LogP) is 3.63. The van der Waals surface area contributed by atoms with Crippen LogP contribution in [0.25, 0.3) is 0 Å². The first kappa shape index (κ1) is 9.74. The summed E-state index contributed by atoms with van der Waals surface area (Å²) < 4.78 is 0. The number of rotatable bonds is 4. The van der Waals surface area contributed by atoms with Crippen LogP contribution in [0.1, 0.15) is 40.5 Å². The second kappa shape index (κ2) is 5.52. The van der Waals surface area contributed by atoms with Crippen LogP contribution in [-0.2, 0) is 0 Å².